The molecule has 0 unspecified atom stereocenters. The van der Waals surface area contributed by atoms with Crippen LogP contribution in [0.1, 0.15) is 22.8 Å². The molecule has 0 saturated carbocycles. The van der Waals surface area contributed by atoms with Crippen molar-refractivity contribution in [2.75, 3.05) is 0 Å². The Labute approximate surface area is 111 Å². The van der Waals surface area contributed by atoms with Crippen molar-refractivity contribution in [2.45, 2.75) is 13.5 Å². The number of aromatic nitrogens is 2. The van der Waals surface area contributed by atoms with Gasteiger partial charge in [0.15, 0.2) is 5.78 Å². The molecule has 2 rings (SSSR count). The largest absolute Gasteiger partial charge is 0.294 e. The van der Waals surface area contributed by atoms with E-state index < -0.39 is 11.6 Å². The predicted molar refractivity (Wildman–Crippen MR) is 65.4 cm³/mol. The summed E-state index contributed by atoms with van der Waals surface area (Å²) in [4.78, 5) is 11.1. The van der Waals surface area contributed by atoms with Gasteiger partial charge in [0.1, 0.15) is 11.6 Å². The third-order valence-electron chi connectivity index (χ3n) is 2.50. The number of hydrogen-bond acceptors (Lipinski definition) is 2. The van der Waals surface area contributed by atoms with E-state index in [4.69, 9.17) is 0 Å². The quantitative estimate of drug-likeness (QED) is 0.644. The Morgan fingerprint density at radius 1 is 1.44 bits per heavy atom. The zero-order chi connectivity index (χ0) is 13.3. The van der Waals surface area contributed by atoms with Crippen LogP contribution in [0.5, 0.6) is 0 Å². The van der Waals surface area contributed by atoms with Crippen LogP contribution in [0.3, 0.4) is 0 Å². The van der Waals surface area contributed by atoms with Gasteiger partial charge < -0.3 is 0 Å². The lowest BCUT2D eigenvalue weighted by atomic mass is 10.2. The number of rotatable bonds is 3. The van der Waals surface area contributed by atoms with Crippen LogP contribution in [-0.4, -0.2) is 15.6 Å². The molecule has 0 saturated heterocycles. The van der Waals surface area contributed by atoms with Gasteiger partial charge in [0.2, 0.25) is 0 Å². The summed E-state index contributed by atoms with van der Waals surface area (Å²) in [5.41, 5.74) is 0.313. The van der Waals surface area contributed by atoms with E-state index in [-0.39, 0.29) is 22.4 Å². The molecule has 94 valence electrons. The first-order valence-corrected chi connectivity index (χ1v) is 5.94. The van der Waals surface area contributed by atoms with Gasteiger partial charge in [-0.25, -0.2) is 8.78 Å². The average molecular weight is 315 g/mol. The summed E-state index contributed by atoms with van der Waals surface area (Å²) < 4.78 is 28.7. The van der Waals surface area contributed by atoms with Crippen molar-refractivity contribution < 1.29 is 13.6 Å². The second kappa shape index (κ2) is 4.97. The molecule has 3 nitrogen and oxygen atoms in total. The topological polar surface area (TPSA) is 34.9 Å². The fourth-order valence-corrected chi connectivity index (χ4v) is 1.88. The molecule has 1 aromatic carbocycles. The molecule has 0 spiro atoms. The van der Waals surface area contributed by atoms with Crippen LogP contribution in [0, 0.1) is 11.6 Å². The molecule has 18 heavy (non-hydrogen) atoms. The normalized spacial score (nSPS) is 10.7. The van der Waals surface area contributed by atoms with Crippen LogP contribution >= 0.6 is 15.9 Å². The lowest BCUT2D eigenvalue weighted by Gasteiger charge is -2.06. The van der Waals surface area contributed by atoms with E-state index in [1.807, 2.05) is 0 Å². The molecule has 0 fully saturated rings. The molecular formula is C12H9BrF2N2O. The number of benzene rings is 1. The van der Waals surface area contributed by atoms with Gasteiger partial charge in [-0.05, 0) is 35.0 Å². The lowest BCUT2D eigenvalue weighted by molar-refractivity contribution is 0.101. The van der Waals surface area contributed by atoms with Crippen LogP contribution in [0.15, 0.2) is 29.0 Å². The summed E-state index contributed by atoms with van der Waals surface area (Å²) >= 11 is 3.00. The molecule has 0 amide bonds. The van der Waals surface area contributed by atoms with Crippen molar-refractivity contribution in [1.29, 1.82) is 0 Å². The van der Waals surface area contributed by atoms with Crippen LogP contribution < -0.4 is 0 Å². The number of carbonyl (C=O) groups excluding carboxylic acids is 1. The minimum Gasteiger partial charge on any atom is -0.294 e. The van der Waals surface area contributed by atoms with E-state index in [2.05, 4.69) is 21.0 Å². The van der Waals surface area contributed by atoms with E-state index in [0.29, 0.717) is 5.56 Å². The molecule has 0 N–H and O–H groups in total. The predicted octanol–water partition coefficient (Wildman–Crippen LogP) is 3.17. The Hall–Kier alpha value is -1.56. The van der Waals surface area contributed by atoms with E-state index >= 15 is 0 Å². The number of halogens is 3. The second-order valence-electron chi connectivity index (χ2n) is 3.80. The van der Waals surface area contributed by atoms with E-state index in [1.165, 1.54) is 36.1 Å². The molecule has 0 bridgehead atoms. The fourth-order valence-electron chi connectivity index (χ4n) is 1.51. The van der Waals surface area contributed by atoms with Gasteiger partial charge in [0.05, 0.1) is 22.8 Å². The van der Waals surface area contributed by atoms with E-state index in [9.17, 15) is 13.6 Å². The highest BCUT2D eigenvalue weighted by Gasteiger charge is 2.13. The zero-order valence-electron chi connectivity index (χ0n) is 9.45. The third-order valence-corrected chi connectivity index (χ3v) is 3.11. The summed E-state index contributed by atoms with van der Waals surface area (Å²) in [7, 11) is 0. The summed E-state index contributed by atoms with van der Waals surface area (Å²) in [5.74, 6) is -1.44. The summed E-state index contributed by atoms with van der Waals surface area (Å²) in [6.45, 7) is 1.34. The lowest BCUT2D eigenvalue weighted by Crippen LogP contribution is -2.05. The molecule has 0 radical (unpaired) electrons. The first kappa shape index (κ1) is 12.9. The standard InChI is InChI=1S/C12H9BrF2N2O/c1-7(18)8-4-16-17(5-8)6-9-11(14)3-2-10(13)12(9)15/h2-5H,6H2,1H3. The fraction of sp³-hybridized carbons (Fsp3) is 0.167. The van der Waals surface area contributed by atoms with Crippen molar-refractivity contribution in [2.24, 2.45) is 0 Å². The Kier molecular flexibility index (Phi) is 3.56. The molecule has 0 atom stereocenters. The third kappa shape index (κ3) is 2.48. The van der Waals surface area contributed by atoms with E-state index in [1.54, 1.807) is 0 Å². The summed E-state index contributed by atoms with van der Waals surface area (Å²) in [5, 5.41) is 3.89. The Morgan fingerprint density at radius 3 is 2.78 bits per heavy atom. The molecule has 0 aliphatic carbocycles. The van der Waals surface area contributed by atoms with Crippen molar-refractivity contribution in [1.82, 2.24) is 9.78 Å². The van der Waals surface area contributed by atoms with Crippen molar-refractivity contribution >= 4 is 21.7 Å². The van der Waals surface area contributed by atoms with Gasteiger partial charge >= 0.3 is 0 Å². The van der Waals surface area contributed by atoms with Crippen molar-refractivity contribution in [3.8, 4) is 0 Å². The molecule has 0 aliphatic heterocycles. The van der Waals surface area contributed by atoms with E-state index in [0.717, 1.165) is 0 Å². The van der Waals surface area contributed by atoms with Crippen LogP contribution in [0.4, 0.5) is 8.78 Å². The summed E-state index contributed by atoms with van der Waals surface area (Å²) in [6.07, 6.45) is 2.83. The van der Waals surface area contributed by atoms with Crippen molar-refractivity contribution in [3.05, 3.63) is 51.8 Å². The van der Waals surface area contributed by atoms with Gasteiger partial charge in [-0.15, -0.1) is 0 Å². The van der Waals surface area contributed by atoms with Gasteiger partial charge in [-0.3, -0.25) is 9.48 Å². The maximum atomic E-state index is 13.7. The maximum Gasteiger partial charge on any atom is 0.162 e. The van der Waals surface area contributed by atoms with Gasteiger partial charge in [-0.2, -0.15) is 5.10 Å². The minimum atomic E-state index is -0.658. The molecule has 0 aliphatic rings. The first-order chi connectivity index (χ1) is 8.49. The Bertz CT molecular complexity index is 610. The average Bonchev–Trinajstić information content (AvgIpc) is 2.78. The zero-order valence-corrected chi connectivity index (χ0v) is 11.0. The molecular weight excluding hydrogens is 306 g/mol. The number of carbonyl (C=O) groups is 1. The number of ketones is 1. The highest BCUT2D eigenvalue weighted by atomic mass is 79.9. The number of nitrogens with zero attached hydrogens (tertiary/aromatic N) is 2. The number of hydrogen-bond donors (Lipinski definition) is 0. The van der Waals surface area contributed by atoms with Crippen LogP contribution in [0.25, 0.3) is 0 Å². The van der Waals surface area contributed by atoms with Crippen LogP contribution in [-0.2, 0) is 6.54 Å². The SMILES string of the molecule is CC(=O)c1cnn(Cc2c(F)ccc(Br)c2F)c1. The first-order valence-electron chi connectivity index (χ1n) is 5.15. The highest BCUT2D eigenvalue weighted by molar-refractivity contribution is 9.10. The van der Waals surface area contributed by atoms with Crippen molar-refractivity contribution in [3.63, 3.8) is 0 Å². The molecule has 1 aromatic heterocycles. The van der Waals surface area contributed by atoms with Gasteiger partial charge in [0, 0.05) is 11.8 Å². The smallest absolute Gasteiger partial charge is 0.162 e. The van der Waals surface area contributed by atoms with Crippen LogP contribution in [0.2, 0.25) is 0 Å². The summed E-state index contributed by atoms with van der Waals surface area (Å²) in [6, 6.07) is 2.48. The Balaban J connectivity index is 2.33. The van der Waals surface area contributed by atoms with Gasteiger partial charge in [0.25, 0.3) is 0 Å². The molecule has 1 heterocycles. The monoisotopic (exact) mass is 314 g/mol. The molecule has 2 aromatic rings. The highest BCUT2D eigenvalue weighted by Crippen LogP contribution is 2.22. The maximum absolute atomic E-state index is 13.7. The minimum absolute atomic E-state index is 0.0651. The van der Waals surface area contributed by atoms with Gasteiger partial charge in [-0.1, -0.05) is 0 Å². The second-order valence-corrected chi connectivity index (χ2v) is 4.66. The Morgan fingerprint density at radius 2 is 2.17 bits per heavy atom. The number of Topliss-reactive ketones (excluding diaryl/α,β-unsaturated/α-hetero) is 1. The molecule has 6 heteroatoms.